The average Bonchev–Trinajstić information content (AvgIpc) is 2.54. The number of amides is 1. The Morgan fingerprint density at radius 1 is 1.24 bits per heavy atom. The highest BCUT2D eigenvalue weighted by molar-refractivity contribution is 5.67. The molecule has 0 bridgehead atoms. The van der Waals surface area contributed by atoms with E-state index in [9.17, 15) is 13.6 Å². The minimum absolute atomic E-state index is 0.105. The summed E-state index contributed by atoms with van der Waals surface area (Å²) in [4.78, 5) is 15.8. The van der Waals surface area contributed by atoms with Crippen molar-refractivity contribution >= 4 is 6.09 Å². The fraction of sp³-hybridized carbons (Fsp3) is 0.632. The predicted octanol–water partition coefficient (Wildman–Crippen LogP) is 4.02. The topological polar surface area (TPSA) is 32.8 Å². The molecule has 0 spiro atoms. The molecule has 0 radical (unpaired) electrons. The minimum Gasteiger partial charge on any atom is -0.447 e. The molecule has 0 atom stereocenters. The number of halogens is 2. The van der Waals surface area contributed by atoms with E-state index >= 15 is 0 Å². The lowest BCUT2D eigenvalue weighted by atomic mass is 9.95. The molecule has 0 aliphatic carbocycles. The average molecular weight is 354 g/mol. The summed E-state index contributed by atoms with van der Waals surface area (Å²) >= 11 is 0. The Kier molecular flexibility index (Phi) is 6.38. The number of carbonyl (C=O) groups excluding carboxylic acids is 1. The number of rotatable bonds is 5. The zero-order valence-corrected chi connectivity index (χ0v) is 15.5. The lowest BCUT2D eigenvalue weighted by Gasteiger charge is -2.35. The Morgan fingerprint density at radius 2 is 1.88 bits per heavy atom. The first-order valence-corrected chi connectivity index (χ1v) is 8.89. The second kappa shape index (κ2) is 8.13. The van der Waals surface area contributed by atoms with Gasteiger partial charge in [-0.15, -0.1) is 0 Å². The quantitative estimate of drug-likeness (QED) is 0.800. The Hall–Kier alpha value is -1.69. The van der Waals surface area contributed by atoms with Crippen LogP contribution in [-0.2, 0) is 23.6 Å². The maximum Gasteiger partial charge on any atom is 0.410 e. The van der Waals surface area contributed by atoms with Crippen LogP contribution in [0.1, 0.15) is 44.4 Å². The Bertz CT molecular complexity index is 592. The van der Waals surface area contributed by atoms with Crippen molar-refractivity contribution in [3.05, 3.63) is 34.9 Å². The van der Waals surface area contributed by atoms with E-state index in [0.717, 1.165) is 24.5 Å². The molecule has 0 saturated carbocycles. The monoisotopic (exact) mass is 354 g/mol. The van der Waals surface area contributed by atoms with Crippen molar-refractivity contribution < 1.29 is 18.3 Å². The first-order valence-electron chi connectivity index (χ1n) is 8.89. The summed E-state index contributed by atoms with van der Waals surface area (Å²) in [6, 6.07) is 5.14. The standard InChI is InChI=1S/C19H28F2N2O2/c1-5-15-7-6-8-17(19(4,20)21)16(15)13-22-9-11-23(12-10-22)18(24)25-14(2)3/h6-8,14H,5,9-13H2,1-4H3. The largest absolute Gasteiger partial charge is 0.447 e. The lowest BCUT2D eigenvalue weighted by Crippen LogP contribution is -2.49. The zero-order valence-electron chi connectivity index (χ0n) is 15.5. The number of ether oxygens (including phenoxy) is 1. The van der Waals surface area contributed by atoms with Gasteiger partial charge >= 0.3 is 6.09 Å². The van der Waals surface area contributed by atoms with Gasteiger partial charge in [-0.25, -0.2) is 13.6 Å². The molecule has 1 aliphatic heterocycles. The van der Waals surface area contributed by atoms with E-state index in [2.05, 4.69) is 4.90 Å². The molecule has 0 aromatic heterocycles. The Labute approximate surface area is 148 Å². The van der Waals surface area contributed by atoms with Crippen LogP contribution in [0, 0.1) is 0 Å². The molecule has 1 aromatic rings. The van der Waals surface area contributed by atoms with Crippen LogP contribution >= 0.6 is 0 Å². The van der Waals surface area contributed by atoms with Crippen LogP contribution in [0.25, 0.3) is 0 Å². The van der Waals surface area contributed by atoms with Crippen molar-refractivity contribution in [2.75, 3.05) is 26.2 Å². The summed E-state index contributed by atoms with van der Waals surface area (Å²) in [7, 11) is 0. The highest BCUT2D eigenvalue weighted by atomic mass is 19.3. The fourth-order valence-corrected chi connectivity index (χ4v) is 3.15. The zero-order chi connectivity index (χ0) is 18.6. The van der Waals surface area contributed by atoms with E-state index in [1.54, 1.807) is 11.0 Å². The van der Waals surface area contributed by atoms with E-state index in [1.165, 1.54) is 6.07 Å². The summed E-state index contributed by atoms with van der Waals surface area (Å²) in [5, 5.41) is 0. The van der Waals surface area contributed by atoms with Crippen molar-refractivity contribution in [1.82, 2.24) is 9.80 Å². The molecular weight excluding hydrogens is 326 g/mol. The molecule has 0 N–H and O–H groups in total. The number of nitrogens with zero attached hydrogens (tertiary/aromatic N) is 2. The van der Waals surface area contributed by atoms with Crippen LogP contribution in [0.2, 0.25) is 0 Å². The van der Waals surface area contributed by atoms with Gasteiger partial charge in [0.15, 0.2) is 0 Å². The van der Waals surface area contributed by atoms with E-state index in [0.29, 0.717) is 32.7 Å². The molecule has 1 heterocycles. The summed E-state index contributed by atoms with van der Waals surface area (Å²) in [6.45, 7) is 9.47. The van der Waals surface area contributed by atoms with Crippen LogP contribution in [-0.4, -0.2) is 48.2 Å². The lowest BCUT2D eigenvalue weighted by molar-refractivity contribution is 0.0152. The molecule has 4 nitrogen and oxygen atoms in total. The van der Waals surface area contributed by atoms with Gasteiger partial charge in [0.25, 0.3) is 5.92 Å². The number of alkyl halides is 2. The number of benzene rings is 1. The van der Waals surface area contributed by atoms with E-state index in [4.69, 9.17) is 4.74 Å². The SMILES string of the molecule is CCc1cccc(C(C)(F)F)c1CN1CCN(C(=O)OC(C)C)CC1. The first-order chi connectivity index (χ1) is 11.7. The molecule has 1 fully saturated rings. The Morgan fingerprint density at radius 3 is 2.40 bits per heavy atom. The second-order valence-corrected chi connectivity index (χ2v) is 6.88. The number of hydrogen-bond acceptors (Lipinski definition) is 3. The van der Waals surface area contributed by atoms with Crippen LogP contribution in [0.4, 0.5) is 13.6 Å². The molecule has 25 heavy (non-hydrogen) atoms. The normalized spacial score (nSPS) is 16.4. The summed E-state index contributed by atoms with van der Waals surface area (Å²) in [5.74, 6) is -2.86. The van der Waals surface area contributed by atoms with Crippen molar-refractivity contribution in [2.24, 2.45) is 0 Å². The summed E-state index contributed by atoms with van der Waals surface area (Å²) in [6.07, 6.45) is 0.278. The maximum absolute atomic E-state index is 14.0. The Balaban J connectivity index is 2.06. The van der Waals surface area contributed by atoms with Crippen molar-refractivity contribution in [2.45, 2.75) is 52.7 Å². The highest BCUT2D eigenvalue weighted by Crippen LogP contribution is 2.32. The fourth-order valence-electron chi connectivity index (χ4n) is 3.15. The molecule has 1 aliphatic rings. The van der Waals surface area contributed by atoms with Crippen LogP contribution in [0.5, 0.6) is 0 Å². The molecule has 2 rings (SSSR count). The molecule has 1 saturated heterocycles. The summed E-state index contributed by atoms with van der Waals surface area (Å²) < 4.78 is 33.2. The second-order valence-electron chi connectivity index (χ2n) is 6.88. The maximum atomic E-state index is 14.0. The molecule has 1 amide bonds. The van der Waals surface area contributed by atoms with Gasteiger partial charge in [-0.05, 0) is 31.4 Å². The highest BCUT2D eigenvalue weighted by Gasteiger charge is 2.30. The van der Waals surface area contributed by atoms with Crippen LogP contribution in [0.3, 0.4) is 0 Å². The third-order valence-electron chi connectivity index (χ3n) is 4.48. The molecule has 140 valence electrons. The van der Waals surface area contributed by atoms with E-state index in [1.807, 2.05) is 26.8 Å². The number of hydrogen-bond donors (Lipinski definition) is 0. The van der Waals surface area contributed by atoms with Gasteiger partial charge in [0.2, 0.25) is 0 Å². The smallest absolute Gasteiger partial charge is 0.410 e. The van der Waals surface area contributed by atoms with Gasteiger partial charge < -0.3 is 9.64 Å². The van der Waals surface area contributed by atoms with Gasteiger partial charge in [-0.2, -0.15) is 0 Å². The molecule has 1 aromatic carbocycles. The summed E-state index contributed by atoms with van der Waals surface area (Å²) in [5.41, 5.74) is 1.78. The van der Waals surface area contributed by atoms with Gasteiger partial charge in [-0.1, -0.05) is 25.1 Å². The van der Waals surface area contributed by atoms with E-state index < -0.39 is 5.92 Å². The van der Waals surface area contributed by atoms with Gasteiger partial charge in [0.1, 0.15) is 0 Å². The van der Waals surface area contributed by atoms with Gasteiger partial charge in [-0.3, -0.25) is 4.90 Å². The van der Waals surface area contributed by atoms with Crippen LogP contribution < -0.4 is 0 Å². The predicted molar refractivity (Wildman–Crippen MR) is 93.9 cm³/mol. The number of aryl methyl sites for hydroxylation is 1. The minimum atomic E-state index is -2.86. The molecular formula is C19H28F2N2O2. The third-order valence-corrected chi connectivity index (χ3v) is 4.48. The van der Waals surface area contributed by atoms with Gasteiger partial charge in [0.05, 0.1) is 6.10 Å². The van der Waals surface area contributed by atoms with Crippen LogP contribution in [0.15, 0.2) is 18.2 Å². The third kappa shape index (κ3) is 5.14. The van der Waals surface area contributed by atoms with Gasteiger partial charge in [0, 0.05) is 45.2 Å². The molecule has 6 heteroatoms. The van der Waals surface area contributed by atoms with Crippen molar-refractivity contribution in [3.63, 3.8) is 0 Å². The number of piperazine rings is 1. The molecule has 0 unspecified atom stereocenters. The number of carbonyl (C=O) groups is 1. The van der Waals surface area contributed by atoms with E-state index in [-0.39, 0.29) is 17.8 Å². The van der Waals surface area contributed by atoms with Crippen molar-refractivity contribution in [3.8, 4) is 0 Å². The van der Waals surface area contributed by atoms with Crippen molar-refractivity contribution in [1.29, 1.82) is 0 Å². The first kappa shape index (κ1) is 19.6.